The average molecular weight is 359 g/mol. The van der Waals surface area contributed by atoms with E-state index in [9.17, 15) is 9.59 Å². The number of nitrogens with two attached hydrogens (primary N) is 1. The van der Waals surface area contributed by atoms with Gasteiger partial charge in [-0.25, -0.2) is 5.48 Å². The topological polar surface area (TPSA) is 134 Å². The number of nitrogens with one attached hydrogen (secondary N) is 2. The summed E-state index contributed by atoms with van der Waals surface area (Å²) in [7, 11) is 0. The van der Waals surface area contributed by atoms with Crippen LogP contribution in [0.15, 0.2) is 48.7 Å². The van der Waals surface area contributed by atoms with Gasteiger partial charge in [-0.15, -0.1) is 0 Å². The number of aliphatic hydroxyl groups is 1. The lowest BCUT2D eigenvalue weighted by Gasteiger charge is -2.16. The van der Waals surface area contributed by atoms with Gasteiger partial charge in [0.15, 0.2) is 0 Å². The third-order valence-electron chi connectivity index (χ3n) is 3.02. The van der Waals surface area contributed by atoms with Gasteiger partial charge in [0.25, 0.3) is 11.8 Å². The van der Waals surface area contributed by atoms with E-state index < -0.39 is 17.9 Å². The summed E-state index contributed by atoms with van der Waals surface area (Å²) in [5.41, 5.74) is 7.02. The van der Waals surface area contributed by atoms with Gasteiger partial charge in [0.05, 0.1) is 6.61 Å². The maximum absolute atomic E-state index is 12.1. The van der Waals surface area contributed by atoms with Crippen LogP contribution in [0.3, 0.4) is 0 Å². The Morgan fingerprint density at radius 1 is 1.35 bits per heavy atom. The molecule has 8 nitrogen and oxygen atoms in total. The van der Waals surface area contributed by atoms with Gasteiger partial charge in [-0.3, -0.25) is 14.8 Å². The average Bonchev–Trinajstić information content (AvgIpc) is 2.64. The van der Waals surface area contributed by atoms with E-state index in [1.165, 1.54) is 17.6 Å². The molecule has 2 amide bonds. The van der Waals surface area contributed by atoms with Crippen LogP contribution in [0.1, 0.15) is 16.8 Å². The van der Waals surface area contributed by atoms with Crippen molar-refractivity contribution in [3.8, 4) is 17.6 Å². The molecule has 8 heteroatoms. The molecular formula is C18H21N3O5. The third kappa shape index (κ3) is 7.09. The Hall–Kier alpha value is -3.28. The van der Waals surface area contributed by atoms with Crippen LogP contribution in [-0.4, -0.2) is 41.4 Å². The molecule has 138 valence electrons. The smallest absolute Gasteiger partial charge is 0.272 e. The largest absolute Gasteiger partial charge is 0.490 e. The number of hydroxylamine groups is 1. The van der Waals surface area contributed by atoms with Crippen LogP contribution in [0.4, 0.5) is 0 Å². The standard InChI is InChI=1S/C18H21N3O5/c1-13(19)16(18(24)21-25)20-17(23)14-7-9-15(10-8-14)26-12-6-4-2-3-5-11-22/h4,6-10,16,22,25H,1,5,11-12,19H2,(H,20,23)(H,21,24)/b6-4+/t16-/m0/s1. The minimum Gasteiger partial charge on any atom is -0.490 e. The summed E-state index contributed by atoms with van der Waals surface area (Å²) in [6.45, 7) is 3.72. The fourth-order valence-electron chi connectivity index (χ4n) is 1.75. The van der Waals surface area contributed by atoms with Crippen molar-refractivity contribution in [2.45, 2.75) is 12.5 Å². The molecule has 0 radical (unpaired) electrons. The fourth-order valence-corrected chi connectivity index (χ4v) is 1.75. The predicted octanol–water partition coefficient (Wildman–Crippen LogP) is 0.0836. The number of rotatable bonds is 8. The van der Waals surface area contributed by atoms with Crippen molar-refractivity contribution in [3.63, 3.8) is 0 Å². The van der Waals surface area contributed by atoms with E-state index in [4.69, 9.17) is 20.8 Å². The number of carbonyl (C=O) groups excluding carboxylic acids is 2. The molecule has 1 aromatic carbocycles. The maximum Gasteiger partial charge on any atom is 0.272 e. The first-order chi connectivity index (χ1) is 12.5. The first-order valence-corrected chi connectivity index (χ1v) is 7.65. The Kier molecular flexibility index (Phi) is 9.03. The zero-order valence-corrected chi connectivity index (χ0v) is 14.1. The van der Waals surface area contributed by atoms with Crippen LogP contribution < -0.4 is 21.3 Å². The molecule has 0 aliphatic heterocycles. The van der Waals surface area contributed by atoms with Gasteiger partial charge in [0.2, 0.25) is 0 Å². The normalized spacial score (nSPS) is 11.2. The van der Waals surface area contributed by atoms with Gasteiger partial charge in [-0.05, 0) is 36.4 Å². The molecule has 0 aliphatic carbocycles. The predicted molar refractivity (Wildman–Crippen MR) is 95.1 cm³/mol. The van der Waals surface area contributed by atoms with E-state index in [-0.39, 0.29) is 17.9 Å². The van der Waals surface area contributed by atoms with Crippen molar-refractivity contribution in [2.75, 3.05) is 13.2 Å². The molecule has 0 unspecified atom stereocenters. The van der Waals surface area contributed by atoms with Crippen LogP contribution in [0, 0.1) is 11.8 Å². The molecule has 6 N–H and O–H groups in total. The van der Waals surface area contributed by atoms with Crippen molar-refractivity contribution in [1.29, 1.82) is 0 Å². The van der Waals surface area contributed by atoms with Crippen LogP contribution in [-0.2, 0) is 4.79 Å². The number of benzene rings is 1. The van der Waals surface area contributed by atoms with Crippen molar-refractivity contribution in [3.05, 3.63) is 54.3 Å². The van der Waals surface area contributed by atoms with Crippen molar-refractivity contribution >= 4 is 11.8 Å². The lowest BCUT2D eigenvalue weighted by atomic mass is 10.1. The second-order valence-corrected chi connectivity index (χ2v) is 4.99. The Morgan fingerprint density at radius 3 is 2.62 bits per heavy atom. The molecule has 0 saturated carbocycles. The van der Waals surface area contributed by atoms with E-state index in [0.717, 1.165) is 0 Å². The first kappa shape index (κ1) is 20.8. The third-order valence-corrected chi connectivity index (χ3v) is 3.02. The van der Waals surface area contributed by atoms with Crippen LogP contribution in [0.25, 0.3) is 0 Å². The lowest BCUT2D eigenvalue weighted by molar-refractivity contribution is -0.130. The Bertz CT molecular complexity index is 717. The fraction of sp³-hybridized carbons (Fsp3) is 0.222. The summed E-state index contributed by atoms with van der Waals surface area (Å²) in [5.74, 6) is 4.58. The molecule has 0 spiro atoms. The van der Waals surface area contributed by atoms with Gasteiger partial charge < -0.3 is 20.9 Å². The van der Waals surface area contributed by atoms with Crippen LogP contribution in [0.2, 0.25) is 0 Å². The number of hydrogen-bond acceptors (Lipinski definition) is 6. The summed E-state index contributed by atoms with van der Waals surface area (Å²) in [6, 6.07) is 4.98. The second kappa shape index (κ2) is 11.3. The van der Waals surface area contributed by atoms with Crippen LogP contribution in [0.5, 0.6) is 5.75 Å². The van der Waals surface area contributed by atoms with Gasteiger partial charge >= 0.3 is 0 Å². The molecule has 0 heterocycles. The van der Waals surface area contributed by atoms with E-state index in [2.05, 4.69) is 23.7 Å². The molecule has 1 rings (SSSR count). The minimum absolute atomic E-state index is 0.0298. The number of allylic oxidation sites excluding steroid dienone is 1. The zero-order chi connectivity index (χ0) is 19.4. The number of hydrogen-bond donors (Lipinski definition) is 5. The molecule has 0 saturated heterocycles. The molecule has 0 bridgehead atoms. The van der Waals surface area contributed by atoms with Gasteiger partial charge in [0.1, 0.15) is 18.4 Å². The molecule has 0 fully saturated rings. The Labute approximate surface area is 151 Å². The number of amides is 2. The summed E-state index contributed by atoms with van der Waals surface area (Å²) >= 11 is 0. The molecular weight excluding hydrogens is 338 g/mol. The highest BCUT2D eigenvalue weighted by atomic mass is 16.5. The van der Waals surface area contributed by atoms with Crippen LogP contribution >= 0.6 is 0 Å². The van der Waals surface area contributed by atoms with E-state index in [1.54, 1.807) is 24.3 Å². The Morgan fingerprint density at radius 2 is 2.04 bits per heavy atom. The molecule has 1 atom stereocenters. The summed E-state index contributed by atoms with van der Waals surface area (Å²) < 4.78 is 5.46. The number of carbonyl (C=O) groups is 2. The Balaban J connectivity index is 2.58. The summed E-state index contributed by atoms with van der Waals surface area (Å²) in [4.78, 5) is 23.6. The SMILES string of the molecule is C=C(N)[C@H](NC(=O)c1ccc(OC/C=C/C#CCCO)cc1)C(=O)NO. The lowest BCUT2D eigenvalue weighted by Crippen LogP contribution is -2.48. The van der Waals surface area contributed by atoms with E-state index in [0.29, 0.717) is 18.8 Å². The zero-order valence-electron chi connectivity index (χ0n) is 14.1. The highest BCUT2D eigenvalue weighted by molar-refractivity contribution is 5.98. The van der Waals surface area contributed by atoms with E-state index in [1.807, 2.05) is 0 Å². The number of aliphatic hydroxyl groups excluding tert-OH is 1. The minimum atomic E-state index is -1.25. The van der Waals surface area contributed by atoms with Gasteiger partial charge in [0, 0.05) is 17.7 Å². The van der Waals surface area contributed by atoms with Gasteiger partial charge in [-0.1, -0.05) is 18.4 Å². The quantitative estimate of drug-likeness (QED) is 0.254. The van der Waals surface area contributed by atoms with Crippen molar-refractivity contribution < 1.29 is 24.6 Å². The molecule has 0 aromatic heterocycles. The highest BCUT2D eigenvalue weighted by Crippen LogP contribution is 2.12. The molecule has 1 aromatic rings. The maximum atomic E-state index is 12.1. The van der Waals surface area contributed by atoms with Crippen molar-refractivity contribution in [1.82, 2.24) is 10.8 Å². The summed E-state index contributed by atoms with van der Waals surface area (Å²) in [5, 5.41) is 19.6. The second-order valence-electron chi connectivity index (χ2n) is 4.99. The molecule has 0 aliphatic rings. The number of ether oxygens (including phenoxy) is 1. The van der Waals surface area contributed by atoms with Gasteiger partial charge in [-0.2, -0.15) is 0 Å². The molecule has 26 heavy (non-hydrogen) atoms. The highest BCUT2D eigenvalue weighted by Gasteiger charge is 2.22. The van der Waals surface area contributed by atoms with Crippen molar-refractivity contribution in [2.24, 2.45) is 5.73 Å². The first-order valence-electron chi connectivity index (χ1n) is 7.65. The monoisotopic (exact) mass is 359 g/mol. The summed E-state index contributed by atoms with van der Waals surface area (Å²) in [6.07, 6.45) is 3.77. The van der Waals surface area contributed by atoms with E-state index >= 15 is 0 Å².